The summed E-state index contributed by atoms with van der Waals surface area (Å²) in [6.07, 6.45) is 5.93. The number of rotatable bonds is 7. The highest BCUT2D eigenvalue weighted by Crippen LogP contribution is 2.46. The lowest BCUT2D eigenvalue weighted by Gasteiger charge is -2.07. The highest BCUT2D eigenvalue weighted by atomic mass is 16.8. The first kappa shape index (κ1) is 11.7. The van der Waals surface area contributed by atoms with Gasteiger partial charge in [-0.1, -0.05) is 12.5 Å². The molecule has 14 heavy (non-hydrogen) atoms. The fourth-order valence-electron chi connectivity index (χ4n) is 1.49. The maximum Gasteiger partial charge on any atom is 0.247 e. The van der Waals surface area contributed by atoms with Gasteiger partial charge in [-0.2, -0.15) is 0 Å². The molecule has 0 aromatic carbocycles. The standard InChI is InChI=1S/C10H18O4/c1-2-3-4-5-6-7-9(12)10(13,8-11)14-9/h2,11-13H,1,3-8H2. The molecule has 0 aromatic heterocycles. The minimum atomic E-state index is -1.72. The Bertz CT molecular complexity index is 206. The van der Waals surface area contributed by atoms with Crippen LogP contribution in [0.25, 0.3) is 0 Å². The lowest BCUT2D eigenvalue weighted by atomic mass is 10.1. The van der Waals surface area contributed by atoms with Crippen molar-refractivity contribution in [3.8, 4) is 0 Å². The van der Waals surface area contributed by atoms with Gasteiger partial charge in [-0.15, -0.1) is 6.58 Å². The van der Waals surface area contributed by atoms with Crippen LogP contribution in [0.15, 0.2) is 12.7 Å². The Labute approximate surface area is 83.8 Å². The molecule has 0 aliphatic carbocycles. The van der Waals surface area contributed by atoms with Crippen molar-refractivity contribution in [2.45, 2.75) is 43.7 Å². The molecule has 4 heteroatoms. The molecule has 0 aromatic rings. The Morgan fingerprint density at radius 2 is 1.86 bits per heavy atom. The van der Waals surface area contributed by atoms with Gasteiger partial charge in [0, 0.05) is 6.42 Å². The second kappa shape index (κ2) is 4.40. The summed E-state index contributed by atoms with van der Waals surface area (Å²) in [4.78, 5) is 0. The van der Waals surface area contributed by atoms with Gasteiger partial charge in [-0.25, -0.2) is 0 Å². The number of hydrogen-bond donors (Lipinski definition) is 3. The summed E-state index contributed by atoms with van der Waals surface area (Å²) < 4.78 is 4.69. The molecule has 82 valence electrons. The molecule has 1 aliphatic heterocycles. The quantitative estimate of drug-likeness (QED) is 0.320. The van der Waals surface area contributed by atoms with Crippen LogP contribution in [0.5, 0.6) is 0 Å². The Morgan fingerprint density at radius 3 is 2.36 bits per heavy atom. The van der Waals surface area contributed by atoms with E-state index >= 15 is 0 Å². The van der Waals surface area contributed by atoms with Gasteiger partial charge < -0.3 is 20.1 Å². The van der Waals surface area contributed by atoms with Crippen LogP contribution in [-0.2, 0) is 4.74 Å². The average molecular weight is 202 g/mol. The monoisotopic (exact) mass is 202 g/mol. The van der Waals surface area contributed by atoms with Gasteiger partial charge in [0.15, 0.2) is 0 Å². The maximum absolute atomic E-state index is 9.55. The molecule has 0 spiro atoms. The molecule has 2 unspecified atom stereocenters. The zero-order chi connectivity index (χ0) is 10.7. The first-order chi connectivity index (χ1) is 6.58. The van der Waals surface area contributed by atoms with E-state index in [9.17, 15) is 10.2 Å². The summed E-state index contributed by atoms with van der Waals surface area (Å²) in [7, 11) is 0. The van der Waals surface area contributed by atoms with Gasteiger partial charge in [0.2, 0.25) is 11.6 Å². The minimum absolute atomic E-state index is 0.362. The molecule has 0 amide bonds. The molecular formula is C10H18O4. The SMILES string of the molecule is C=CCCCCCC1(O)OC1(O)CO. The van der Waals surface area contributed by atoms with Crippen LogP contribution in [0.4, 0.5) is 0 Å². The normalized spacial score (nSPS) is 35.6. The topological polar surface area (TPSA) is 73.2 Å². The van der Waals surface area contributed by atoms with Gasteiger partial charge in [0.25, 0.3) is 0 Å². The van der Waals surface area contributed by atoms with Crippen molar-refractivity contribution in [1.82, 2.24) is 0 Å². The Hall–Kier alpha value is -0.420. The van der Waals surface area contributed by atoms with Crippen molar-refractivity contribution in [3.63, 3.8) is 0 Å². The molecule has 1 aliphatic rings. The van der Waals surface area contributed by atoms with Crippen molar-refractivity contribution >= 4 is 0 Å². The predicted molar refractivity (Wildman–Crippen MR) is 51.4 cm³/mol. The Kier molecular flexibility index (Phi) is 3.66. The average Bonchev–Trinajstić information content (AvgIpc) is 2.70. The summed E-state index contributed by atoms with van der Waals surface area (Å²) in [6, 6.07) is 0. The number of hydrogen-bond acceptors (Lipinski definition) is 4. The zero-order valence-electron chi connectivity index (χ0n) is 8.28. The van der Waals surface area contributed by atoms with Crippen LogP contribution in [-0.4, -0.2) is 33.5 Å². The van der Waals surface area contributed by atoms with E-state index in [1.807, 2.05) is 6.08 Å². The minimum Gasteiger partial charge on any atom is -0.391 e. The van der Waals surface area contributed by atoms with Crippen molar-refractivity contribution in [3.05, 3.63) is 12.7 Å². The van der Waals surface area contributed by atoms with E-state index in [0.29, 0.717) is 6.42 Å². The molecule has 4 nitrogen and oxygen atoms in total. The molecule has 1 heterocycles. The van der Waals surface area contributed by atoms with Gasteiger partial charge in [0.05, 0.1) is 0 Å². The number of aliphatic hydroxyl groups is 3. The third kappa shape index (κ3) is 2.33. The number of allylic oxidation sites excluding steroid dienone is 1. The highest BCUT2D eigenvalue weighted by Gasteiger charge is 2.68. The fraction of sp³-hybridized carbons (Fsp3) is 0.800. The first-order valence-electron chi connectivity index (χ1n) is 4.95. The lowest BCUT2D eigenvalue weighted by molar-refractivity contribution is -0.0245. The van der Waals surface area contributed by atoms with Crippen LogP contribution >= 0.6 is 0 Å². The second-order valence-electron chi connectivity index (χ2n) is 3.72. The third-order valence-electron chi connectivity index (χ3n) is 2.54. The van der Waals surface area contributed by atoms with E-state index in [0.717, 1.165) is 25.7 Å². The highest BCUT2D eigenvalue weighted by molar-refractivity contribution is 4.99. The Morgan fingerprint density at radius 1 is 1.14 bits per heavy atom. The molecule has 3 N–H and O–H groups in total. The van der Waals surface area contributed by atoms with Crippen LogP contribution < -0.4 is 0 Å². The Balaban J connectivity index is 2.11. The summed E-state index contributed by atoms with van der Waals surface area (Å²) in [5, 5.41) is 27.6. The van der Waals surface area contributed by atoms with Gasteiger partial charge in [-0.3, -0.25) is 0 Å². The number of unbranched alkanes of at least 4 members (excludes halogenated alkanes) is 3. The third-order valence-corrected chi connectivity index (χ3v) is 2.54. The van der Waals surface area contributed by atoms with Crippen molar-refractivity contribution in [2.75, 3.05) is 6.61 Å². The van der Waals surface area contributed by atoms with E-state index in [4.69, 9.17) is 5.11 Å². The summed E-state index contributed by atoms with van der Waals surface area (Å²) >= 11 is 0. The van der Waals surface area contributed by atoms with E-state index in [-0.39, 0.29) is 0 Å². The van der Waals surface area contributed by atoms with E-state index in [1.54, 1.807) is 0 Å². The van der Waals surface area contributed by atoms with Crippen LogP contribution in [0.2, 0.25) is 0 Å². The molecule has 1 saturated heterocycles. The molecule has 0 radical (unpaired) electrons. The number of aliphatic hydroxyl groups excluding tert-OH is 1. The largest absolute Gasteiger partial charge is 0.391 e. The zero-order valence-corrected chi connectivity index (χ0v) is 8.28. The smallest absolute Gasteiger partial charge is 0.247 e. The molecule has 1 fully saturated rings. The molecule has 0 saturated carbocycles. The van der Waals surface area contributed by atoms with Crippen LogP contribution in [0, 0.1) is 0 Å². The van der Waals surface area contributed by atoms with Crippen molar-refractivity contribution in [1.29, 1.82) is 0 Å². The predicted octanol–water partition coefficient (Wildman–Crippen LogP) is 0.523. The van der Waals surface area contributed by atoms with E-state index in [2.05, 4.69) is 11.3 Å². The number of ether oxygens (including phenoxy) is 1. The summed E-state index contributed by atoms with van der Waals surface area (Å²) in [6.45, 7) is 3.05. The molecule has 1 rings (SSSR count). The van der Waals surface area contributed by atoms with Gasteiger partial charge in [0.1, 0.15) is 6.61 Å². The van der Waals surface area contributed by atoms with Crippen LogP contribution in [0.1, 0.15) is 32.1 Å². The van der Waals surface area contributed by atoms with E-state index < -0.39 is 18.2 Å². The van der Waals surface area contributed by atoms with Gasteiger partial charge in [-0.05, 0) is 19.3 Å². The lowest BCUT2D eigenvalue weighted by Crippen LogP contribution is -2.29. The second-order valence-corrected chi connectivity index (χ2v) is 3.72. The molecular weight excluding hydrogens is 184 g/mol. The summed E-state index contributed by atoms with van der Waals surface area (Å²) in [5.74, 6) is -3.23. The fourth-order valence-corrected chi connectivity index (χ4v) is 1.49. The molecule has 2 atom stereocenters. The van der Waals surface area contributed by atoms with Gasteiger partial charge >= 0.3 is 0 Å². The van der Waals surface area contributed by atoms with Crippen LogP contribution in [0.3, 0.4) is 0 Å². The van der Waals surface area contributed by atoms with Crippen molar-refractivity contribution < 1.29 is 20.1 Å². The first-order valence-corrected chi connectivity index (χ1v) is 4.95. The summed E-state index contributed by atoms with van der Waals surface area (Å²) in [5.41, 5.74) is 0. The van der Waals surface area contributed by atoms with Crippen molar-refractivity contribution in [2.24, 2.45) is 0 Å². The van der Waals surface area contributed by atoms with E-state index in [1.165, 1.54) is 0 Å². The number of epoxide rings is 1. The maximum atomic E-state index is 9.55. The molecule has 0 bridgehead atoms.